The van der Waals surface area contributed by atoms with Crippen LogP contribution in [0, 0.1) is 17.8 Å². The molecule has 4 rings (SSSR count). The van der Waals surface area contributed by atoms with Gasteiger partial charge < -0.3 is 10.1 Å². The number of methoxy groups -OCH3 is 1. The summed E-state index contributed by atoms with van der Waals surface area (Å²) in [6.07, 6.45) is 8.17. The molecule has 4 fully saturated rings. The van der Waals surface area contributed by atoms with Crippen LogP contribution < -0.4 is 5.32 Å². The van der Waals surface area contributed by atoms with Crippen LogP contribution in [0.2, 0.25) is 0 Å². The van der Waals surface area contributed by atoms with Crippen molar-refractivity contribution in [1.82, 2.24) is 5.32 Å². The fourth-order valence-electron chi connectivity index (χ4n) is 4.72. The Morgan fingerprint density at radius 1 is 1.15 bits per heavy atom. The maximum atomic E-state index is 11.8. The second-order valence-electron chi connectivity index (χ2n) is 6.74. The van der Waals surface area contributed by atoms with Crippen LogP contribution in [0.3, 0.4) is 0 Å². The van der Waals surface area contributed by atoms with Crippen molar-refractivity contribution < 1.29 is 14.3 Å². The number of hydrogen-bond donors (Lipinski definition) is 1. The van der Waals surface area contributed by atoms with Crippen LogP contribution >= 0.6 is 11.8 Å². The van der Waals surface area contributed by atoms with Crippen LogP contribution in [0.1, 0.15) is 38.5 Å². The summed E-state index contributed by atoms with van der Waals surface area (Å²) >= 11 is 1.84. The van der Waals surface area contributed by atoms with Gasteiger partial charge in [-0.2, -0.15) is 0 Å². The van der Waals surface area contributed by atoms with E-state index in [-0.39, 0.29) is 12.5 Å². The third kappa shape index (κ3) is 2.97. The number of esters is 1. The molecule has 4 saturated carbocycles. The first kappa shape index (κ1) is 14.2. The van der Waals surface area contributed by atoms with Gasteiger partial charge >= 0.3 is 5.97 Å². The van der Waals surface area contributed by atoms with Gasteiger partial charge in [0.15, 0.2) is 0 Å². The molecule has 1 N–H and O–H groups in total. The average molecular weight is 297 g/mol. The van der Waals surface area contributed by atoms with Crippen LogP contribution in [0.5, 0.6) is 0 Å². The minimum absolute atomic E-state index is 0.0171. The zero-order chi connectivity index (χ0) is 14.2. The maximum absolute atomic E-state index is 11.8. The first-order chi connectivity index (χ1) is 9.58. The fraction of sp³-hybridized carbons (Fsp3) is 0.867. The van der Waals surface area contributed by atoms with Gasteiger partial charge in [0.25, 0.3) is 0 Å². The van der Waals surface area contributed by atoms with Gasteiger partial charge in [-0.3, -0.25) is 9.59 Å². The molecular formula is C15H23NO3S. The molecule has 4 aliphatic carbocycles. The Labute approximate surface area is 124 Å². The molecule has 0 heterocycles. The van der Waals surface area contributed by atoms with Crippen LogP contribution in [-0.2, 0) is 14.3 Å². The van der Waals surface area contributed by atoms with Crippen molar-refractivity contribution in [1.29, 1.82) is 0 Å². The van der Waals surface area contributed by atoms with E-state index in [1.54, 1.807) is 0 Å². The second-order valence-corrected chi connectivity index (χ2v) is 8.19. The number of ether oxygens (including phenoxy) is 1. The smallest absolute Gasteiger partial charge is 0.325 e. The lowest BCUT2D eigenvalue weighted by Crippen LogP contribution is -2.49. The Hall–Kier alpha value is -0.710. The van der Waals surface area contributed by atoms with Crippen LogP contribution in [0.15, 0.2) is 0 Å². The number of carbonyl (C=O) groups is 2. The molecule has 0 aliphatic heterocycles. The maximum Gasteiger partial charge on any atom is 0.325 e. The Morgan fingerprint density at radius 3 is 2.20 bits per heavy atom. The predicted molar refractivity (Wildman–Crippen MR) is 78.4 cm³/mol. The van der Waals surface area contributed by atoms with Crippen LogP contribution in [-0.4, -0.2) is 36.0 Å². The number of carbonyl (C=O) groups excluding carboxylic acids is 2. The highest BCUT2D eigenvalue weighted by atomic mass is 32.2. The summed E-state index contributed by atoms with van der Waals surface area (Å²) in [6, 6.07) is 0. The molecule has 0 aromatic carbocycles. The van der Waals surface area contributed by atoms with Crippen molar-refractivity contribution in [3.05, 3.63) is 0 Å². The summed E-state index contributed by atoms with van der Waals surface area (Å²) in [7, 11) is 1.33. The van der Waals surface area contributed by atoms with Gasteiger partial charge in [-0.05, 0) is 56.3 Å². The van der Waals surface area contributed by atoms with Crippen molar-refractivity contribution in [2.24, 2.45) is 17.8 Å². The van der Waals surface area contributed by atoms with E-state index in [2.05, 4.69) is 10.1 Å². The van der Waals surface area contributed by atoms with Gasteiger partial charge in [0.2, 0.25) is 5.91 Å². The SMILES string of the molecule is COC(=O)CNC(=O)CSC12CC3CC(CC(C3)C1)C2. The minimum atomic E-state index is -0.391. The minimum Gasteiger partial charge on any atom is -0.468 e. The summed E-state index contributed by atoms with van der Waals surface area (Å²) in [5, 5.41) is 2.63. The monoisotopic (exact) mass is 297 g/mol. The molecule has 4 nitrogen and oxygen atoms in total. The van der Waals surface area contributed by atoms with Crippen molar-refractivity contribution in [2.45, 2.75) is 43.3 Å². The topological polar surface area (TPSA) is 55.4 Å². The van der Waals surface area contributed by atoms with Crippen LogP contribution in [0.25, 0.3) is 0 Å². The normalized spacial score (nSPS) is 37.8. The summed E-state index contributed by atoms with van der Waals surface area (Å²) in [6.45, 7) is -0.0171. The molecule has 0 spiro atoms. The zero-order valence-electron chi connectivity index (χ0n) is 12.0. The quantitative estimate of drug-likeness (QED) is 0.788. The molecule has 0 aromatic heterocycles. The van der Waals surface area contributed by atoms with E-state index in [0.717, 1.165) is 17.8 Å². The zero-order valence-corrected chi connectivity index (χ0v) is 12.8. The molecule has 112 valence electrons. The van der Waals surface area contributed by atoms with Gasteiger partial charge in [0.1, 0.15) is 6.54 Å². The van der Waals surface area contributed by atoms with Crippen molar-refractivity contribution >= 4 is 23.6 Å². The Morgan fingerprint density at radius 2 is 1.70 bits per heavy atom. The molecule has 5 heteroatoms. The highest BCUT2D eigenvalue weighted by Gasteiger charge is 2.51. The third-order valence-electron chi connectivity index (χ3n) is 5.15. The Bertz CT molecular complexity index is 375. The van der Waals surface area contributed by atoms with Crippen molar-refractivity contribution in [3.8, 4) is 0 Å². The first-order valence-electron chi connectivity index (χ1n) is 7.56. The molecule has 1 amide bonds. The average Bonchev–Trinajstić information content (AvgIpc) is 2.41. The van der Waals surface area contributed by atoms with E-state index in [1.165, 1.54) is 45.6 Å². The molecular weight excluding hydrogens is 274 g/mol. The van der Waals surface area contributed by atoms with Gasteiger partial charge in [0, 0.05) is 4.75 Å². The number of nitrogens with one attached hydrogen (secondary N) is 1. The summed E-state index contributed by atoms with van der Waals surface area (Å²) in [5.74, 6) is 2.77. The van der Waals surface area contributed by atoms with E-state index in [1.807, 2.05) is 11.8 Å². The molecule has 20 heavy (non-hydrogen) atoms. The predicted octanol–water partition coefficient (Wildman–Crippen LogP) is 1.98. The summed E-state index contributed by atoms with van der Waals surface area (Å²) < 4.78 is 4.88. The fourth-order valence-corrected chi connectivity index (χ4v) is 6.32. The van der Waals surface area contributed by atoms with Gasteiger partial charge in [0.05, 0.1) is 12.9 Å². The van der Waals surface area contributed by atoms with Gasteiger partial charge in [-0.1, -0.05) is 0 Å². The van der Waals surface area contributed by atoms with E-state index in [0.29, 0.717) is 10.5 Å². The van der Waals surface area contributed by atoms with E-state index in [9.17, 15) is 9.59 Å². The van der Waals surface area contributed by atoms with E-state index >= 15 is 0 Å². The van der Waals surface area contributed by atoms with Gasteiger partial charge in [-0.15, -0.1) is 11.8 Å². The van der Waals surface area contributed by atoms with Gasteiger partial charge in [-0.25, -0.2) is 0 Å². The highest BCUT2D eigenvalue weighted by Crippen LogP contribution is 2.60. The largest absolute Gasteiger partial charge is 0.468 e. The lowest BCUT2D eigenvalue weighted by Gasteiger charge is -2.56. The number of amides is 1. The second kappa shape index (κ2) is 5.58. The third-order valence-corrected chi connectivity index (χ3v) is 6.67. The molecule has 0 aromatic rings. The summed E-state index contributed by atoms with van der Waals surface area (Å²) in [5.41, 5.74) is 0. The molecule has 4 aliphatic rings. The first-order valence-corrected chi connectivity index (χ1v) is 8.54. The van der Waals surface area contributed by atoms with E-state index in [4.69, 9.17) is 0 Å². The number of rotatable bonds is 5. The molecule has 0 saturated heterocycles. The van der Waals surface area contributed by atoms with E-state index < -0.39 is 5.97 Å². The summed E-state index contributed by atoms with van der Waals surface area (Å²) in [4.78, 5) is 22.8. The molecule has 0 radical (unpaired) electrons. The lowest BCUT2D eigenvalue weighted by atomic mass is 9.56. The lowest BCUT2D eigenvalue weighted by molar-refractivity contribution is -0.140. The Kier molecular flexibility index (Phi) is 3.98. The van der Waals surface area contributed by atoms with Crippen LogP contribution in [0.4, 0.5) is 0 Å². The van der Waals surface area contributed by atoms with Crippen molar-refractivity contribution in [2.75, 3.05) is 19.4 Å². The molecule has 0 unspecified atom stereocenters. The highest BCUT2D eigenvalue weighted by molar-refractivity contribution is 8.01. The standard InChI is InChI=1S/C15H23NO3S/c1-19-14(18)8-16-13(17)9-20-15-5-10-2-11(6-15)4-12(3-10)7-15/h10-12H,2-9H2,1H3,(H,16,17). The Balaban J connectivity index is 1.48. The molecule has 0 atom stereocenters. The number of hydrogen-bond acceptors (Lipinski definition) is 4. The number of thioether (sulfide) groups is 1. The van der Waals surface area contributed by atoms with Crippen molar-refractivity contribution in [3.63, 3.8) is 0 Å². The molecule has 4 bridgehead atoms.